The van der Waals surface area contributed by atoms with E-state index in [0.29, 0.717) is 5.95 Å². The summed E-state index contributed by atoms with van der Waals surface area (Å²) in [6, 6.07) is 1.83. The number of hydrogen-bond donors (Lipinski definition) is 0. The van der Waals surface area contributed by atoms with Crippen LogP contribution >= 0.6 is 0 Å². The summed E-state index contributed by atoms with van der Waals surface area (Å²) in [7, 11) is 1.82. The minimum atomic E-state index is 0.595. The second kappa shape index (κ2) is 2.19. The van der Waals surface area contributed by atoms with Gasteiger partial charge in [0, 0.05) is 19.4 Å². The van der Waals surface area contributed by atoms with Crippen molar-refractivity contribution in [3.05, 3.63) is 24.8 Å². The van der Waals surface area contributed by atoms with Gasteiger partial charge in [-0.2, -0.15) is 10.1 Å². The van der Waals surface area contributed by atoms with Crippen LogP contribution in [0.1, 0.15) is 0 Å². The maximum Gasteiger partial charge on any atom is 0.269 e. The average Bonchev–Trinajstić information content (AvgIpc) is 2.55. The van der Waals surface area contributed by atoms with E-state index < -0.39 is 0 Å². The van der Waals surface area contributed by atoms with Crippen molar-refractivity contribution < 1.29 is 0 Å². The van der Waals surface area contributed by atoms with E-state index in [0.717, 1.165) is 0 Å². The van der Waals surface area contributed by atoms with Crippen molar-refractivity contribution >= 4 is 0 Å². The van der Waals surface area contributed by atoms with Gasteiger partial charge in [-0.1, -0.05) is 0 Å². The molecule has 0 aliphatic heterocycles. The SMILES string of the molecule is Cn1cnc(-n2cccn2)n1. The summed E-state index contributed by atoms with van der Waals surface area (Å²) in [4.78, 5) is 4.01. The average molecular weight is 149 g/mol. The molecule has 0 aliphatic rings. The fraction of sp³-hybridized carbons (Fsp3) is 0.167. The molecule has 0 fully saturated rings. The highest BCUT2D eigenvalue weighted by atomic mass is 15.4. The van der Waals surface area contributed by atoms with Gasteiger partial charge in [-0.25, -0.2) is 4.68 Å². The highest BCUT2D eigenvalue weighted by molar-refractivity contribution is 5.04. The van der Waals surface area contributed by atoms with E-state index in [1.807, 2.05) is 13.1 Å². The molecule has 56 valence electrons. The lowest BCUT2D eigenvalue weighted by Gasteiger charge is -1.89. The van der Waals surface area contributed by atoms with E-state index in [1.165, 1.54) is 0 Å². The lowest BCUT2D eigenvalue weighted by atomic mass is 10.7. The first-order valence-corrected chi connectivity index (χ1v) is 3.22. The molecule has 0 unspecified atom stereocenters. The van der Waals surface area contributed by atoms with Crippen molar-refractivity contribution in [2.45, 2.75) is 0 Å². The van der Waals surface area contributed by atoms with Crippen LogP contribution in [0, 0.1) is 0 Å². The fourth-order valence-electron chi connectivity index (χ4n) is 0.820. The van der Waals surface area contributed by atoms with Gasteiger partial charge < -0.3 is 0 Å². The molecule has 5 heteroatoms. The predicted octanol–water partition coefficient (Wildman–Crippen LogP) is 0.000800. The molecule has 2 aromatic rings. The number of rotatable bonds is 1. The van der Waals surface area contributed by atoms with Crippen molar-refractivity contribution in [3.8, 4) is 5.95 Å². The van der Waals surface area contributed by atoms with Crippen LogP contribution in [0.4, 0.5) is 0 Å². The summed E-state index contributed by atoms with van der Waals surface area (Å²) in [5.74, 6) is 0.595. The van der Waals surface area contributed by atoms with Crippen LogP contribution in [0.5, 0.6) is 0 Å². The van der Waals surface area contributed by atoms with Gasteiger partial charge in [0.25, 0.3) is 5.95 Å². The van der Waals surface area contributed by atoms with E-state index in [-0.39, 0.29) is 0 Å². The van der Waals surface area contributed by atoms with E-state index in [4.69, 9.17) is 0 Å². The van der Waals surface area contributed by atoms with Crippen LogP contribution in [0.15, 0.2) is 24.8 Å². The van der Waals surface area contributed by atoms with Gasteiger partial charge in [0.1, 0.15) is 6.33 Å². The summed E-state index contributed by atoms with van der Waals surface area (Å²) in [5, 5.41) is 8.04. The van der Waals surface area contributed by atoms with Crippen LogP contribution in [-0.4, -0.2) is 24.5 Å². The third kappa shape index (κ3) is 1.000. The molecule has 2 rings (SSSR count). The Morgan fingerprint density at radius 2 is 2.36 bits per heavy atom. The topological polar surface area (TPSA) is 48.5 Å². The largest absolute Gasteiger partial charge is 0.269 e. The first kappa shape index (κ1) is 6.09. The molecule has 0 saturated carbocycles. The van der Waals surface area contributed by atoms with Crippen molar-refractivity contribution in [3.63, 3.8) is 0 Å². The van der Waals surface area contributed by atoms with Crippen molar-refractivity contribution in [2.24, 2.45) is 7.05 Å². The second-order valence-corrected chi connectivity index (χ2v) is 2.17. The minimum absolute atomic E-state index is 0.595. The molecule has 0 spiro atoms. The van der Waals surface area contributed by atoms with Crippen molar-refractivity contribution in [1.29, 1.82) is 0 Å². The van der Waals surface area contributed by atoms with Crippen molar-refractivity contribution in [2.75, 3.05) is 0 Å². The Labute approximate surface area is 63.3 Å². The van der Waals surface area contributed by atoms with Crippen LogP contribution in [-0.2, 0) is 7.05 Å². The maximum absolute atomic E-state index is 4.06. The van der Waals surface area contributed by atoms with Gasteiger partial charge >= 0.3 is 0 Å². The number of aryl methyl sites for hydroxylation is 1. The van der Waals surface area contributed by atoms with Gasteiger partial charge in [-0.15, -0.1) is 5.10 Å². The van der Waals surface area contributed by atoms with Crippen LogP contribution < -0.4 is 0 Å². The Hall–Kier alpha value is -1.65. The molecule has 0 saturated heterocycles. The molecule has 0 radical (unpaired) electrons. The van der Waals surface area contributed by atoms with Crippen LogP contribution in [0.25, 0.3) is 5.95 Å². The molecule has 5 nitrogen and oxygen atoms in total. The Kier molecular flexibility index (Phi) is 1.21. The minimum Gasteiger partial charge on any atom is -0.254 e. The third-order valence-electron chi connectivity index (χ3n) is 1.30. The summed E-state index contributed by atoms with van der Waals surface area (Å²) >= 11 is 0. The zero-order valence-corrected chi connectivity index (χ0v) is 6.05. The molecule has 0 N–H and O–H groups in total. The third-order valence-corrected chi connectivity index (χ3v) is 1.30. The van der Waals surface area contributed by atoms with Gasteiger partial charge in [-0.05, 0) is 6.07 Å². The van der Waals surface area contributed by atoms with Gasteiger partial charge in [0.15, 0.2) is 0 Å². The monoisotopic (exact) mass is 149 g/mol. The van der Waals surface area contributed by atoms with E-state index in [9.17, 15) is 0 Å². The first-order chi connectivity index (χ1) is 5.36. The van der Waals surface area contributed by atoms with E-state index >= 15 is 0 Å². The molecule has 2 heterocycles. The Morgan fingerprint density at radius 3 is 2.91 bits per heavy atom. The first-order valence-electron chi connectivity index (χ1n) is 3.22. The van der Waals surface area contributed by atoms with E-state index in [2.05, 4.69) is 15.2 Å². The van der Waals surface area contributed by atoms with E-state index in [1.54, 1.807) is 28.1 Å². The lowest BCUT2D eigenvalue weighted by Crippen LogP contribution is -1.97. The molecule has 0 aliphatic carbocycles. The zero-order valence-electron chi connectivity index (χ0n) is 6.05. The van der Waals surface area contributed by atoms with Crippen molar-refractivity contribution in [1.82, 2.24) is 24.5 Å². The normalized spacial score (nSPS) is 10.3. The molecule has 11 heavy (non-hydrogen) atoms. The smallest absolute Gasteiger partial charge is 0.254 e. The zero-order chi connectivity index (χ0) is 7.68. The Balaban J connectivity index is 2.45. The Morgan fingerprint density at radius 1 is 1.45 bits per heavy atom. The maximum atomic E-state index is 4.06. The number of nitrogens with zero attached hydrogens (tertiary/aromatic N) is 5. The highest BCUT2D eigenvalue weighted by Crippen LogP contribution is 1.94. The van der Waals surface area contributed by atoms with Gasteiger partial charge in [0.05, 0.1) is 0 Å². The number of hydrogen-bond acceptors (Lipinski definition) is 3. The molecular weight excluding hydrogens is 142 g/mol. The van der Waals surface area contributed by atoms with Crippen LogP contribution in [0.3, 0.4) is 0 Å². The molecule has 0 amide bonds. The molecule has 2 aromatic heterocycles. The molecule has 0 bridgehead atoms. The molecule has 0 aromatic carbocycles. The van der Waals surface area contributed by atoms with Gasteiger partial charge in [-0.3, -0.25) is 4.68 Å². The second-order valence-electron chi connectivity index (χ2n) is 2.17. The Bertz CT molecular complexity index is 333. The summed E-state index contributed by atoms with van der Waals surface area (Å²) in [6.07, 6.45) is 5.13. The molecule has 0 atom stereocenters. The number of aromatic nitrogens is 5. The van der Waals surface area contributed by atoms with Crippen LogP contribution in [0.2, 0.25) is 0 Å². The summed E-state index contributed by atoms with van der Waals surface area (Å²) in [5.41, 5.74) is 0. The summed E-state index contributed by atoms with van der Waals surface area (Å²) in [6.45, 7) is 0. The highest BCUT2D eigenvalue weighted by Gasteiger charge is 1.98. The molecular formula is C6H7N5. The lowest BCUT2D eigenvalue weighted by molar-refractivity contribution is 0.730. The summed E-state index contributed by atoms with van der Waals surface area (Å²) < 4.78 is 3.25. The standard InChI is InChI=1S/C6H7N5/c1-10-5-7-6(9-10)11-4-2-3-8-11/h2-5H,1H3. The fourth-order valence-corrected chi connectivity index (χ4v) is 0.820. The van der Waals surface area contributed by atoms with Gasteiger partial charge in [0.2, 0.25) is 0 Å². The predicted molar refractivity (Wildman–Crippen MR) is 38.1 cm³/mol. The quantitative estimate of drug-likeness (QED) is 0.573.